The molecule has 1 aliphatic heterocycles. The molecule has 0 aromatic carbocycles. The molecule has 1 nitrogen and oxygen atoms in total. The van der Waals surface area contributed by atoms with Crippen LogP contribution in [0.5, 0.6) is 0 Å². The van der Waals surface area contributed by atoms with Gasteiger partial charge in [-0.1, -0.05) is 13.8 Å². The van der Waals surface area contributed by atoms with Crippen LogP contribution >= 0.6 is 11.6 Å². The Balaban J connectivity index is 2.79. The molecular weight excluding hydrogens is 172 g/mol. The molecule has 1 fully saturated rings. The van der Waals surface area contributed by atoms with Crippen LogP contribution in [0.25, 0.3) is 0 Å². The molecule has 3 atom stereocenters. The van der Waals surface area contributed by atoms with E-state index in [1.165, 1.54) is 0 Å². The minimum Gasteiger partial charge on any atom is -0.375 e. The lowest BCUT2D eigenvalue weighted by Crippen LogP contribution is -2.36. The van der Waals surface area contributed by atoms with E-state index in [1.807, 2.05) is 0 Å². The van der Waals surface area contributed by atoms with Gasteiger partial charge in [0.05, 0.1) is 12.2 Å². The zero-order valence-corrected chi connectivity index (χ0v) is 9.19. The summed E-state index contributed by atoms with van der Waals surface area (Å²) in [4.78, 5) is 0. The number of ether oxygens (including phenoxy) is 1. The van der Waals surface area contributed by atoms with E-state index in [-0.39, 0.29) is 5.41 Å². The maximum Gasteiger partial charge on any atom is 0.0621 e. The van der Waals surface area contributed by atoms with Gasteiger partial charge in [0.15, 0.2) is 0 Å². The Morgan fingerprint density at radius 1 is 1.50 bits per heavy atom. The van der Waals surface area contributed by atoms with Crippen LogP contribution in [0.15, 0.2) is 0 Å². The molecule has 3 unspecified atom stereocenters. The summed E-state index contributed by atoms with van der Waals surface area (Å²) in [5, 5.41) is 0. The third-order valence-electron chi connectivity index (χ3n) is 3.31. The van der Waals surface area contributed by atoms with E-state index >= 15 is 0 Å². The summed E-state index contributed by atoms with van der Waals surface area (Å²) in [6, 6.07) is 0. The molecule has 1 aliphatic rings. The molecule has 0 N–H and O–H groups in total. The highest BCUT2D eigenvalue weighted by molar-refractivity contribution is 6.18. The second-order valence-electron chi connectivity index (χ2n) is 4.31. The van der Waals surface area contributed by atoms with E-state index in [2.05, 4.69) is 27.7 Å². The Bertz CT molecular complexity index is 158. The summed E-state index contributed by atoms with van der Waals surface area (Å²) in [5.41, 5.74) is 0.209. The van der Waals surface area contributed by atoms with Gasteiger partial charge in [-0.25, -0.2) is 0 Å². The lowest BCUT2D eigenvalue weighted by Gasteiger charge is -2.34. The minimum atomic E-state index is 0.209. The second-order valence-corrected chi connectivity index (χ2v) is 4.58. The van der Waals surface area contributed by atoms with Crippen molar-refractivity contribution in [3.63, 3.8) is 0 Å². The molecular formula is C10H19ClO. The first kappa shape index (κ1) is 10.3. The molecule has 12 heavy (non-hydrogen) atoms. The van der Waals surface area contributed by atoms with Gasteiger partial charge >= 0.3 is 0 Å². The maximum atomic E-state index is 6.04. The van der Waals surface area contributed by atoms with Crippen molar-refractivity contribution < 1.29 is 4.74 Å². The van der Waals surface area contributed by atoms with Crippen molar-refractivity contribution in [1.82, 2.24) is 0 Å². The lowest BCUT2D eigenvalue weighted by molar-refractivity contribution is 0.0231. The van der Waals surface area contributed by atoms with Gasteiger partial charge in [-0.2, -0.15) is 0 Å². The van der Waals surface area contributed by atoms with Crippen molar-refractivity contribution in [3.8, 4) is 0 Å². The third kappa shape index (κ3) is 1.49. The van der Waals surface area contributed by atoms with Crippen LogP contribution in [0, 0.1) is 11.3 Å². The Hall–Kier alpha value is 0.250. The summed E-state index contributed by atoms with van der Waals surface area (Å²) >= 11 is 6.04. The van der Waals surface area contributed by atoms with Crippen LogP contribution in [0.2, 0.25) is 0 Å². The minimum absolute atomic E-state index is 0.209. The van der Waals surface area contributed by atoms with E-state index in [0.717, 1.165) is 12.3 Å². The second kappa shape index (κ2) is 3.55. The van der Waals surface area contributed by atoms with Gasteiger partial charge in [0.25, 0.3) is 0 Å². The van der Waals surface area contributed by atoms with Crippen LogP contribution in [-0.2, 0) is 4.74 Å². The van der Waals surface area contributed by atoms with Crippen LogP contribution in [0.3, 0.4) is 0 Å². The Morgan fingerprint density at radius 2 is 2.08 bits per heavy atom. The molecule has 0 amide bonds. The predicted molar refractivity (Wildman–Crippen MR) is 52.6 cm³/mol. The monoisotopic (exact) mass is 190 g/mol. The fraction of sp³-hybridized carbons (Fsp3) is 1.00. The van der Waals surface area contributed by atoms with Gasteiger partial charge in [-0.3, -0.25) is 0 Å². The molecule has 0 saturated carbocycles. The molecule has 72 valence electrons. The van der Waals surface area contributed by atoms with E-state index in [1.54, 1.807) is 0 Å². The summed E-state index contributed by atoms with van der Waals surface area (Å²) in [7, 11) is 0. The molecule has 0 aromatic rings. The first-order valence-corrected chi connectivity index (χ1v) is 5.28. The number of rotatable bonds is 2. The molecule has 2 heteroatoms. The lowest BCUT2D eigenvalue weighted by atomic mass is 9.73. The zero-order chi connectivity index (χ0) is 9.35. The van der Waals surface area contributed by atoms with Crippen molar-refractivity contribution in [2.24, 2.45) is 11.3 Å². The highest BCUT2D eigenvalue weighted by Gasteiger charge is 2.46. The average molecular weight is 191 g/mol. The fourth-order valence-electron chi connectivity index (χ4n) is 2.26. The van der Waals surface area contributed by atoms with Crippen LogP contribution in [0.4, 0.5) is 0 Å². The summed E-state index contributed by atoms with van der Waals surface area (Å²) in [6.45, 7) is 8.75. The Labute approximate surface area is 80.4 Å². The molecule has 1 saturated heterocycles. The third-order valence-corrected chi connectivity index (χ3v) is 3.81. The zero-order valence-electron chi connectivity index (χ0n) is 8.43. The standard InChI is InChI=1S/C10H19ClO/c1-7(2)10(6-11)5-8(3)12-9(10)4/h7-9H,5-6H2,1-4H3. The Morgan fingerprint density at radius 3 is 2.25 bits per heavy atom. The van der Waals surface area contributed by atoms with Crippen LogP contribution < -0.4 is 0 Å². The SMILES string of the molecule is CC1CC(CCl)(C(C)C)C(C)O1. The van der Waals surface area contributed by atoms with Crippen LogP contribution in [0.1, 0.15) is 34.1 Å². The van der Waals surface area contributed by atoms with Crippen molar-refractivity contribution in [3.05, 3.63) is 0 Å². The summed E-state index contributed by atoms with van der Waals surface area (Å²) in [6.07, 6.45) is 1.79. The number of halogens is 1. The molecule has 0 bridgehead atoms. The highest BCUT2D eigenvalue weighted by atomic mass is 35.5. The topological polar surface area (TPSA) is 9.23 Å². The smallest absolute Gasteiger partial charge is 0.0621 e. The fourth-order valence-corrected chi connectivity index (χ4v) is 2.89. The molecule has 0 spiro atoms. The summed E-state index contributed by atoms with van der Waals surface area (Å²) < 4.78 is 5.74. The normalized spacial score (nSPS) is 42.5. The number of alkyl halides is 1. The van der Waals surface area contributed by atoms with E-state index in [9.17, 15) is 0 Å². The maximum absolute atomic E-state index is 6.04. The van der Waals surface area contributed by atoms with Gasteiger partial charge in [-0.15, -0.1) is 11.6 Å². The molecule has 0 aliphatic carbocycles. The van der Waals surface area contributed by atoms with Gasteiger partial charge in [0.1, 0.15) is 0 Å². The molecule has 1 rings (SSSR count). The Kier molecular flexibility index (Phi) is 3.06. The molecule has 0 radical (unpaired) electrons. The first-order valence-electron chi connectivity index (χ1n) is 4.74. The largest absolute Gasteiger partial charge is 0.375 e. The molecule has 1 heterocycles. The van der Waals surface area contributed by atoms with Crippen LogP contribution in [-0.4, -0.2) is 18.1 Å². The first-order chi connectivity index (χ1) is 5.53. The predicted octanol–water partition coefficient (Wildman–Crippen LogP) is 3.06. The van der Waals surface area contributed by atoms with Crippen molar-refractivity contribution in [1.29, 1.82) is 0 Å². The quantitative estimate of drug-likeness (QED) is 0.609. The van der Waals surface area contributed by atoms with Gasteiger partial charge in [0.2, 0.25) is 0 Å². The average Bonchev–Trinajstić information content (AvgIpc) is 2.26. The number of hydrogen-bond acceptors (Lipinski definition) is 1. The highest BCUT2D eigenvalue weighted by Crippen LogP contribution is 2.45. The van der Waals surface area contributed by atoms with Gasteiger partial charge in [0, 0.05) is 11.3 Å². The van der Waals surface area contributed by atoms with Gasteiger partial charge in [-0.05, 0) is 26.2 Å². The molecule has 0 aromatic heterocycles. The van der Waals surface area contributed by atoms with Gasteiger partial charge < -0.3 is 4.74 Å². The van der Waals surface area contributed by atoms with Crippen molar-refractivity contribution in [2.45, 2.75) is 46.3 Å². The van der Waals surface area contributed by atoms with E-state index in [4.69, 9.17) is 16.3 Å². The van der Waals surface area contributed by atoms with E-state index in [0.29, 0.717) is 18.1 Å². The van der Waals surface area contributed by atoms with E-state index < -0.39 is 0 Å². The number of hydrogen-bond donors (Lipinski definition) is 0. The summed E-state index contributed by atoms with van der Waals surface area (Å²) in [5.74, 6) is 1.32. The van der Waals surface area contributed by atoms with Crippen molar-refractivity contribution in [2.75, 3.05) is 5.88 Å². The van der Waals surface area contributed by atoms with Crippen molar-refractivity contribution >= 4 is 11.6 Å².